The fraction of sp³-hybridized carbons (Fsp3) is 0.583. The number of hydrogen-bond acceptors (Lipinski definition) is 6. The molecule has 3 atom stereocenters. The quantitative estimate of drug-likeness (QED) is 0.635. The van der Waals surface area contributed by atoms with Crippen molar-refractivity contribution in [2.75, 3.05) is 12.9 Å². The standard InChI is InChI=1S/C24H32F2N4O5S/c1-6-29-20-12-28(11-18(20)27-22(29)36(5,33)34)15-10-19(30(23(31)32)24(2,3)4)21(35-13-15)16-9-14(25)7-8-17(16)26/h7-9,15,19,21H,6,10-13H2,1-5H3,(H,31,32)/t15-,19+,21-/m1/s1. The molecule has 9 nitrogen and oxygen atoms in total. The van der Waals surface area contributed by atoms with Crippen molar-refractivity contribution in [1.29, 1.82) is 0 Å². The minimum absolute atomic E-state index is 0.0180. The van der Waals surface area contributed by atoms with E-state index in [9.17, 15) is 27.1 Å². The van der Waals surface area contributed by atoms with Crippen LogP contribution in [0.25, 0.3) is 0 Å². The topological polar surface area (TPSA) is 105 Å². The lowest BCUT2D eigenvalue weighted by molar-refractivity contribution is -0.103. The van der Waals surface area contributed by atoms with Gasteiger partial charge >= 0.3 is 6.09 Å². The Bertz CT molecular complexity index is 1270. The van der Waals surface area contributed by atoms with Gasteiger partial charge in [-0.3, -0.25) is 9.80 Å². The molecule has 36 heavy (non-hydrogen) atoms. The van der Waals surface area contributed by atoms with Crippen molar-refractivity contribution >= 4 is 15.9 Å². The van der Waals surface area contributed by atoms with Gasteiger partial charge < -0.3 is 14.4 Å². The van der Waals surface area contributed by atoms with Gasteiger partial charge in [-0.05, 0) is 52.3 Å². The summed E-state index contributed by atoms with van der Waals surface area (Å²) < 4.78 is 60.9. The number of rotatable bonds is 5. The first-order valence-corrected chi connectivity index (χ1v) is 13.7. The van der Waals surface area contributed by atoms with E-state index in [0.29, 0.717) is 31.7 Å². The molecule has 0 aliphatic carbocycles. The Labute approximate surface area is 209 Å². The highest BCUT2D eigenvalue weighted by molar-refractivity contribution is 7.90. The molecule has 2 aliphatic rings. The zero-order valence-electron chi connectivity index (χ0n) is 21.0. The molecule has 1 N–H and O–H groups in total. The summed E-state index contributed by atoms with van der Waals surface area (Å²) in [6.07, 6.45) is -0.719. The van der Waals surface area contributed by atoms with E-state index in [0.717, 1.165) is 30.1 Å². The first kappa shape index (κ1) is 26.5. The molecule has 3 heterocycles. The third kappa shape index (κ3) is 4.85. The zero-order chi connectivity index (χ0) is 26.6. The van der Waals surface area contributed by atoms with Gasteiger partial charge in [-0.25, -0.2) is 27.0 Å². The van der Waals surface area contributed by atoms with E-state index in [1.54, 1.807) is 25.3 Å². The highest BCUT2D eigenvalue weighted by atomic mass is 32.2. The Morgan fingerprint density at radius 1 is 1.28 bits per heavy atom. The summed E-state index contributed by atoms with van der Waals surface area (Å²) in [4.78, 5) is 20.1. The van der Waals surface area contributed by atoms with Crippen molar-refractivity contribution in [3.05, 3.63) is 46.8 Å². The number of carboxylic acid groups (broad SMARTS) is 1. The highest BCUT2D eigenvalue weighted by Gasteiger charge is 2.46. The van der Waals surface area contributed by atoms with Crippen molar-refractivity contribution in [3.8, 4) is 0 Å². The largest absolute Gasteiger partial charge is 0.465 e. The summed E-state index contributed by atoms with van der Waals surface area (Å²) >= 11 is 0. The van der Waals surface area contributed by atoms with E-state index in [1.807, 2.05) is 6.92 Å². The van der Waals surface area contributed by atoms with Gasteiger partial charge in [0.1, 0.15) is 17.7 Å². The summed E-state index contributed by atoms with van der Waals surface area (Å²) in [5.74, 6) is -1.29. The number of amides is 1. The number of fused-ring (bicyclic) bond motifs is 1. The Morgan fingerprint density at radius 3 is 2.56 bits per heavy atom. The number of nitrogens with zero attached hydrogens (tertiary/aromatic N) is 4. The lowest BCUT2D eigenvalue weighted by Crippen LogP contribution is -2.58. The molecular weight excluding hydrogens is 494 g/mol. The second-order valence-corrected chi connectivity index (χ2v) is 12.3. The predicted molar refractivity (Wildman–Crippen MR) is 127 cm³/mol. The van der Waals surface area contributed by atoms with Crippen LogP contribution in [0, 0.1) is 11.6 Å². The molecule has 1 amide bonds. The number of aromatic nitrogens is 2. The first-order valence-electron chi connectivity index (χ1n) is 11.8. The minimum Gasteiger partial charge on any atom is -0.465 e. The Morgan fingerprint density at radius 2 is 1.97 bits per heavy atom. The van der Waals surface area contributed by atoms with E-state index in [2.05, 4.69) is 9.88 Å². The number of imidazole rings is 1. The average molecular weight is 527 g/mol. The monoisotopic (exact) mass is 526 g/mol. The molecule has 198 valence electrons. The van der Waals surface area contributed by atoms with Crippen molar-refractivity contribution in [3.63, 3.8) is 0 Å². The van der Waals surface area contributed by atoms with Gasteiger partial charge in [-0.2, -0.15) is 0 Å². The maximum atomic E-state index is 14.8. The van der Waals surface area contributed by atoms with Crippen LogP contribution in [0.1, 0.15) is 57.2 Å². The van der Waals surface area contributed by atoms with Crippen molar-refractivity contribution in [1.82, 2.24) is 19.4 Å². The van der Waals surface area contributed by atoms with Gasteiger partial charge in [0.2, 0.25) is 15.0 Å². The van der Waals surface area contributed by atoms with Gasteiger partial charge in [0.25, 0.3) is 0 Å². The second-order valence-electron chi connectivity index (χ2n) is 10.4. The van der Waals surface area contributed by atoms with Crippen LogP contribution in [0.3, 0.4) is 0 Å². The molecule has 1 saturated heterocycles. The average Bonchev–Trinajstić information content (AvgIpc) is 3.32. The van der Waals surface area contributed by atoms with E-state index in [4.69, 9.17) is 4.74 Å². The van der Waals surface area contributed by atoms with Crippen LogP contribution in [-0.4, -0.2) is 69.5 Å². The maximum absolute atomic E-state index is 14.8. The fourth-order valence-corrected chi connectivity index (χ4v) is 6.29. The van der Waals surface area contributed by atoms with Crippen LogP contribution in [0.15, 0.2) is 23.4 Å². The molecule has 4 rings (SSSR count). The molecule has 0 saturated carbocycles. The molecule has 2 aromatic rings. The highest BCUT2D eigenvalue weighted by Crippen LogP contribution is 2.40. The number of halogens is 2. The number of sulfone groups is 1. The molecule has 1 aromatic carbocycles. The summed E-state index contributed by atoms with van der Waals surface area (Å²) in [5, 5.41) is 10.1. The molecule has 12 heteroatoms. The van der Waals surface area contributed by atoms with E-state index < -0.39 is 45.2 Å². The molecule has 0 bridgehead atoms. The van der Waals surface area contributed by atoms with Gasteiger partial charge in [-0.1, -0.05) is 0 Å². The minimum atomic E-state index is -3.49. The molecule has 1 aromatic heterocycles. The lowest BCUT2D eigenvalue weighted by atomic mass is 9.88. The third-order valence-corrected chi connectivity index (χ3v) is 7.82. The second kappa shape index (κ2) is 9.38. The number of hydrogen-bond donors (Lipinski definition) is 1. The first-order chi connectivity index (χ1) is 16.7. The van der Waals surface area contributed by atoms with E-state index >= 15 is 0 Å². The number of benzene rings is 1. The summed E-state index contributed by atoms with van der Waals surface area (Å²) in [7, 11) is -3.49. The van der Waals surface area contributed by atoms with E-state index in [1.165, 1.54) is 4.90 Å². The Hall–Kier alpha value is -2.57. The molecule has 0 unspecified atom stereocenters. The lowest BCUT2D eigenvalue weighted by Gasteiger charge is -2.48. The Balaban J connectivity index is 1.66. The number of carbonyl (C=O) groups is 1. The smallest absolute Gasteiger partial charge is 0.408 e. The third-order valence-electron chi connectivity index (χ3n) is 6.85. The van der Waals surface area contributed by atoms with Crippen LogP contribution >= 0.6 is 0 Å². The Kier molecular flexibility index (Phi) is 6.91. The van der Waals surface area contributed by atoms with Gasteiger partial charge in [0.05, 0.1) is 24.0 Å². The van der Waals surface area contributed by atoms with Gasteiger partial charge in [-0.15, -0.1) is 0 Å². The van der Waals surface area contributed by atoms with Crippen molar-refractivity contribution < 1.29 is 31.8 Å². The van der Waals surface area contributed by atoms with Crippen LogP contribution in [0.2, 0.25) is 0 Å². The van der Waals surface area contributed by atoms with Gasteiger partial charge in [0.15, 0.2) is 0 Å². The van der Waals surface area contributed by atoms with Crippen LogP contribution < -0.4 is 0 Å². The fourth-order valence-electron chi connectivity index (χ4n) is 5.37. The maximum Gasteiger partial charge on any atom is 0.408 e. The zero-order valence-corrected chi connectivity index (χ0v) is 21.8. The SMILES string of the molecule is CCn1c(S(C)(=O)=O)nc2c1CN([C@H]1CO[C@H](c3cc(F)ccc3F)[C@@H](N(C(=O)O)C(C)(C)C)C1)C2. The summed E-state index contributed by atoms with van der Waals surface area (Å²) in [6.45, 7) is 8.51. The molecule has 1 fully saturated rings. The number of ether oxygens (including phenoxy) is 1. The van der Waals surface area contributed by atoms with Crippen molar-refractivity contribution in [2.45, 2.75) is 82.6 Å². The summed E-state index contributed by atoms with van der Waals surface area (Å²) in [5.41, 5.74) is 0.620. The van der Waals surface area contributed by atoms with Crippen LogP contribution in [0.5, 0.6) is 0 Å². The summed E-state index contributed by atoms with van der Waals surface area (Å²) in [6, 6.07) is 2.06. The van der Waals surface area contributed by atoms with Gasteiger partial charge in [0, 0.05) is 43.0 Å². The van der Waals surface area contributed by atoms with Crippen molar-refractivity contribution in [2.24, 2.45) is 0 Å². The molecular formula is C24H32F2N4O5S. The van der Waals surface area contributed by atoms with E-state index in [-0.39, 0.29) is 23.4 Å². The molecule has 0 spiro atoms. The van der Waals surface area contributed by atoms with Crippen LogP contribution in [0.4, 0.5) is 13.6 Å². The normalized spacial score (nSPS) is 23.0. The predicted octanol–water partition coefficient (Wildman–Crippen LogP) is 3.58. The van der Waals surface area contributed by atoms with Crippen LogP contribution in [-0.2, 0) is 34.2 Å². The molecule has 0 radical (unpaired) electrons. The molecule has 2 aliphatic heterocycles.